The first kappa shape index (κ1) is 46.5. The highest BCUT2D eigenvalue weighted by atomic mass is 32.1. The molecule has 0 aliphatic carbocycles. The molecule has 0 aliphatic rings. The molecule has 0 N–H and O–H groups in total. The van der Waals surface area contributed by atoms with Crippen LogP contribution in [0.3, 0.4) is 0 Å². The number of aromatic nitrogens is 4. The summed E-state index contributed by atoms with van der Waals surface area (Å²) in [6.45, 7) is 10.8. The second kappa shape index (κ2) is 19.8. The van der Waals surface area contributed by atoms with Gasteiger partial charge in [-0.2, -0.15) is 5.26 Å². The molecule has 6 nitrogen and oxygen atoms in total. The van der Waals surface area contributed by atoms with Crippen molar-refractivity contribution in [2.75, 3.05) is 0 Å². The predicted octanol–water partition coefficient (Wildman–Crippen LogP) is 11.5. The van der Waals surface area contributed by atoms with Gasteiger partial charge in [-0.05, 0) is 53.1 Å². The maximum atomic E-state index is 12.3. The van der Waals surface area contributed by atoms with E-state index in [1.807, 2.05) is 36.4 Å². The summed E-state index contributed by atoms with van der Waals surface area (Å²) < 4.78 is 6.87. The Kier molecular flexibility index (Phi) is 12.1. The largest absolute Gasteiger partial charge is 0.384 e. The molecule has 4 heterocycles. The van der Waals surface area contributed by atoms with Gasteiger partial charge in [0.1, 0.15) is 21.7 Å². The molecule has 10 heteroatoms. The van der Waals surface area contributed by atoms with Crippen LogP contribution >= 0.6 is 22.7 Å². The Morgan fingerprint density at radius 1 is 0.526 bits per heavy atom. The summed E-state index contributed by atoms with van der Waals surface area (Å²) in [5, 5.41) is 19.0. The van der Waals surface area contributed by atoms with Gasteiger partial charge >= 0.3 is 13.7 Å². The van der Waals surface area contributed by atoms with E-state index < -0.39 is 13.7 Å². The summed E-state index contributed by atoms with van der Waals surface area (Å²) in [5.74, 6) is 0. The third-order valence-electron chi connectivity index (χ3n) is 14.5. The van der Waals surface area contributed by atoms with Gasteiger partial charge in [0, 0.05) is 39.5 Å². The first-order valence-corrected chi connectivity index (χ1v) is 27.0. The number of hydrogen-bond donors (Lipinski definition) is 0. The molecule has 0 aliphatic heterocycles. The number of nitriles is 1. The zero-order valence-electron chi connectivity index (χ0n) is 41.4. The van der Waals surface area contributed by atoms with Crippen LogP contribution in [0.5, 0.6) is 0 Å². The quantitative estimate of drug-likeness (QED) is 0.0958. The fraction of sp³-hybridized carbons (Fsp3) is 0.0303. The second-order valence-corrected chi connectivity index (χ2v) is 21.1. The topological polar surface area (TPSA) is 63.8 Å². The molecule has 0 fully saturated rings. The average Bonchev–Trinajstić information content (AvgIpc) is 4.40. The van der Waals surface area contributed by atoms with Gasteiger partial charge in [-0.25, -0.2) is 14.8 Å². The predicted molar refractivity (Wildman–Crippen MR) is 319 cm³/mol. The van der Waals surface area contributed by atoms with Crippen molar-refractivity contribution < 1.29 is 0 Å². The smallest absolute Gasteiger partial charge is 0.327 e. The van der Waals surface area contributed by atoms with Crippen molar-refractivity contribution in [1.29, 1.82) is 5.26 Å². The highest BCUT2D eigenvalue weighted by Gasteiger charge is 2.37. The summed E-state index contributed by atoms with van der Waals surface area (Å²) in [6.07, 6.45) is 0.451. The Bertz CT molecular complexity index is 4310. The summed E-state index contributed by atoms with van der Waals surface area (Å²) in [5.41, 5.74) is 11.7. The number of rotatable bonds is 11. The average molecular weight is 1010 g/mol. The van der Waals surface area contributed by atoms with E-state index in [4.69, 9.17) is 9.97 Å². The zero-order valence-corrected chi connectivity index (χ0v) is 43.0. The van der Waals surface area contributed by atoms with E-state index in [-0.39, 0.29) is 0 Å². The van der Waals surface area contributed by atoms with Crippen LogP contribution in [0.25, 0.3) is 69.4 Å². The second-order valence-electron chi connectivity index (χ2n) is 19.0. The van der Waals surface area contributed by atoms with Crippen molar-refractivity contribution in [3.8, 4) is 17.3 Å². The van der Waals surface area contributed by atoms with E-state index in [0.29, 0.717) is 27.7 Å². The number of benzene rings is 9. The maximum absolute atomic E-state index is 12.3. The standard InChI is InChI=1S/C66H44B2N6S2/c1-44-23-15-18-34-52(44)62-60-59(64(61(70-2)66-72-55-36-20-22-38-58(55)76-66)74(62)68(50-30-11-5-12-31-50)51-32-13-6-14-33-51)56(42-45-39-40-46-24-16-17-25-47(46)41-45)73(67(48-26-7-3-8-27-48)49-28-9-4-10-29-49)63(60)53(43-69)65-71-54-35-19-21-37-57(54)75-65/h3-41H,42H2,1H3/b63-53-,64-61+. The minimum Gasteiger partial charge on any atom is -0.384 e. The zero-order chi connectivity index (χ0) is 51.1. The van der Waals surface area contributed by atoms with Crippen molar-refractivity contribution in [1.82, 2.24) is 18.9 Å². The number of para-hydroxylation sites is 2. The maximum Gasteiger partial charge on any atom is 0.327 e. The van der Waals surface area contributed by atoms with E-state index in [1.54, 1.807) is 0 Å². The number of nitrogens with zero attached hydrogens (tertiary/aromatic N) is 6. The van der Waals surface area contributed by atoms with Gasteiger partial charge in [0.15, 0.2) is 0 Å². The van der Waals surface area contributed by atoms with Crippen molar-refractivity contribution in [2.45, 2.75) is 13.3 Å². The molecule has 13 aromatic rings. The normalized spacial score (nSPS) is 12.2. The third-order valence-corrected chi connectivity index (χ3v) is 16.6. The SMILES string of the molecule is [C-]#[N+]/C(c1nc2ccccc2s1)=c1\c2c(Cc3ccc4ccccc4c3)n(B(c3ccccc3)c3ccccc3)/c(=C(/C#N)c3nc4ccccc4s3)c2c(-c2ccccc2C)n1B(c1ccccc1)c1ccccc1. The number of thiazole rings is 2. The van der Waals surface area contributed by atoms with Crippen LogP contribution in [0, 0.1) is 24.8 Å². The lowest BCUT2D eigenvalue weighted by Crippen LogP contribution is -2.54. The van der Waals surface area contributed by atoms with Crippen molar-refractivity contribution in [3.05, 3.63) is 286 Å². The van der Waals surface area contributed by atoms with Gasteiger partial charge in [0.25, 0.3) is 0 Å². The van der Waals surface area contributed by atoms with E-state index in [9.17, 15) is 11.8 Å². The minimum atomic E-state index is -0.451. The molecule has 0 amide bonds. The first-order chi connectivity index (χ1) is 37.6. The molecular formula is C66H44B2N6S2. The molecule has 0 radical (unpaired) electrons. The van der Waals surface area contributed by atoms with Crippen LogP contribution in [0.4, 0.5) is 0 Å². The summed E-state index contributed by atoms with van der Waals surface area (Å²) in [7, 11) is 0. The Morgan fingerprint density at radius 2 is 1.01 bits per heavy atom. The van der Waals surface area contributed by atoms with Gasteiger partial charge in [-0.1, -0.05) is 234 Å². The summed E-state index contributed by atoms with van der Waals surface area (Å²) in [4.78, 5) is 15.3. The highest BCUT2D eigenvalue weighted by molar-refractivity contribution is 7.20. The van der Waals surface area contributed by atoms with Crippen LogP contribution in [0.2, 0.25) is 0 Å². The molecule has 0 saturated heterocycles. The number of hydrogen-bond acceptors (Lipinski definition) is 5. The molecule has 0 bridgehead atoms. The van der Waals surface area contributed by atoms with Gasteiger partial charge < -0.3 is 8.96 Å². The molecular weight excluding hydrogens is 963 g/mol. The van der Waals surface area contributed by atoms with E-state index in [0.717, 1.165) is 103 Å². The number of fused-ring (bicyclic) bond motifs is 4. The van der Waals surface area contributed by atoms with Crippen LogP contribution < -0.4 is 32.5 Å². The van der Waals surface area contributed by atoms with Crippen LogP contribution in [0.1, 0.15) is 26.8 Å². The molecule has 9 aromatic carbocycles. The lowest BCUT2D eigenvalue weighted by atomic mass is 9.50. The summed E-state index contributed by atoms with van der Waals surface area (Å²) in [6, 6.07) is 85.4. The molecule has 0 unspecified atom stereocenters. The summed E-state index contributed by atoms with van der Waals surface area (Å²) >= 11 is 3.07. The molecule has 0 spiro atoms. The Balaban J connectivity index is 1.37. The lowest BCUT2D eigenvalue weighted by molar-refractivity contribution is 1.01. The van der Waals surface area contributed by atoms with Gasteiger partial charge in [0.05, 0.1) is 32.4 Å². The highest BCUT2D eigenvalue weighted by Crippen LogP contribution is 2.37. The van der Waals surface area contributed by atoms with Crippen LogP contribution in [0.15, 0.2) is 237 Å². The molecule has 4 aromatic heterocycles. The van der Waals surface area contributed by atoms with Crippen LogP contribution in [-0.2, 0) is 6.42 Å². The molecule has 356 valence electrons. The lowest BCUT2D eigenvalue weighted by Gasteiger charge is -2.25. The Hall–Kier alpha value is -9.31. The number of aryl methyl sites for hydroxylation is 1. The van der Waals surface area contributed by atoms with Gasteiger partial charge in [-0.15, -0.1) is 22.7 Å². The van der Waals surface area contributed by atoms with Crippen molar-refractivity contribution in [3.63, 3.8) is 0 Å². The third kappa shape index (κ3) is 8.13. The molecule has 0 atom stereocenters. The van der Waals surface area contributed by atoms with Crippen molar-refractivity contribution >= 4 is 111 Å². The molecule has 0 saturated carbocycles. The first-order valence-electron chi connectivity index (χ1n) is 25.3. The van der Waals surface area contributed by atoms with Gasteiger partial charge in [0.2, 0.25) is 5.70 Å². The minimum absolute atomic E-state index is 0.431. The monoisotopic (exact) mass is 1010 g/mol. The fourth-order valence-electron chi connectivity index (χ4n) is 11.2. The van der Waals surface area contributed by atoms with E-state index >= 15 is 0 Å². The molecule has 13 rings (SSSR count). The molecule has 76 heavy (non-hydrogen) atoms. The van der Waals surface area contributed by atoms with Crippen LogP contribution in [-0.4, -0.2) is 32.6 Å². The van der Waals surface area contributed by atoms with E-state index in [2.05, 4.69) is 227 Å². The van der Waals surface area contributed by atoms with E-state index in [1.165, 1.54) is 22.7 Å². The van der Waals surface area contributed by atoms with Gasteiger partial charge in [-0.3, -0.25) is 0 Å². The van der Waals surface area contributed by atoms with Crippen molar-refractivity contribution in [2.24, 2.45) is 0 Å². The Morgan fingerprint density at radius 3 is 1.57 bits per heavy atom. The Labute approximate surface area is 449 Å². The fourth-order valence-corrected chi connectivity index (χ4v) is 13.1.